The Bertz CT molecular complexity index is 1100. The number of amides is 1. The van der Waals surface area contributed by atoms with Crippen molar-refractivity contribution in [2.75, 3.05) is 12.3 Å². The number of benzene rings is 1. The predicted octanol–water partition coefficient (Wildman–Crippen LogP) is 3.33. The van der Waals surface area contributed by atoms with Crippen LogP contribution in [-0.4, -0.2) is 36.8 Å². The first kappa shape index (κ1) is 20.3. The van der Waals surface area contributed by atoms with E-state index in [-0.39, 0.29) is 17.4 Å². The van der Waals surface area contributed by atoms with Crippen LogP contribution in [0.2, 0.25) is 0 Å². The van der Waals surface area contributed by atoms with E-state index >= 15 is 0 Å². The van der Waals surface area contributed by atoms with Crippen molar-refractivity contribution in [2.24, 2.45) is 0 Å². The summed E-state index contributed by atoms with van der Waals surface area (Å²) < 4.78 is 16.5. The predicted molar refractivity (Wildman–Crippen MR) is 121 cm³/mol. The Morgan fingerprint density at radius 3 is 2.60 bits per heavy atom. The summed E-state index contributed by atoms with van der Waals surface area (Å²) in [5.41, 5.74) is 1.75. The molecular formula is C22H22N4O2S2. The number of hydrogen-bond donors (Lipinski definition) is 1. The van der Waals surface area contributed by atoms with Gasteiger partial charge in [0.2, 0.25) is 5.91 Å². The topological polar surface area (TPSA) is 68.9 Å². The zero-order valence-corrected chi connectivity index (χ0v) is 17.9. The van der Waals surface area contributed by atoms with E-state index in [0.717, 1.165) is 23.5 Å². The van der Waals surface area contributed by atoms with Gasteiger partial charge in [0.15, 0.2) is 0 Å². The molecule has 0 saturated heterocycles. The van der Waals surface area contributed by atoms with Gasteiger partial charge >= 0.3 is 0 Å². The molecular weight excluding hydrogens is 416 g/mol. The lowest BCUT2D eigenvalue weighted by Gasteiger charge is -2.11. The van der Waals surface area contributed by atoms with E-state index in [1.165, 1.54) is 4.88 Å². The second-order valence-corrected chi connectivity index (χ2v) is 9.23. The van der Waals surface area contributed by atoms with E-state index in [1.807, 2.05) is 81.6 Å². The maximum Gasteiger partial charge on any atom is 0.232 e. The van der Waals surface area contributed by atoms with Gasteiger partial charge in [-0.2, -0.15) is 5.10 Å². The Labute approximate surface area is 181 Å². The molecule has 0 saturated carbocycles. The molecule has 1 atom stereocenters. The first-order valence-electron chi connectivity index (χ1n) is 9.60. The van der Waals surface area contributed by atoms with Crippen LogP contribution in [0.3, 0.4) is 0 Å². The molecule has 0 spiro atoms. The number of para-hydroxylation sites is 1. The first-order chi connectivity index (χ1) is 14.7. The summed E-state index contributed by atoms with van der Waals surface area (Å²) >= 11 is 1.67. The van der Waals surface area contributed by atoms with Crippen LogP contribution in [-0.2, 0) is 27.8 Å². The molecule has 0 bridgehead atoms. The fourth-order valence-corrected chi connectivity index (χ4v) is 4.94. The molecule has 0 aliphatic carbocycles. The van der Waals surface area contributed by atoms with E-state index in [4.69, 9.17) is 0 Å². The van der Waals surface area contributed by atoms with Crippen molar-refractivity contribution in [1.82, 2.24) is 19.7 Å². The molecule has 1 aromatic carbocycles. The highest BCUT2D eigenvalue weighted by molar-refractivity contribution is 7.84. The van der Waals surface area contributed by atoms with Gasteiger partial charge in [-0.25, -0.2) is 4.68 Å². The van der Waals surface area contributed by atoms with Crippen LogP contribution in [0.5, 0.6) is 0 Å². The summed E-state index contributed by atoms with van der Waals surface area (Å²) in [6, 6.07) is 17.7. The molecule has 6 nitrogen and oxygen atoms in total. The Kier molecular flexibility index (Phi) is 6.56. The monoisotopic (exact) mass is 438 g/mol. The van der Waals surface area contributed by atoms with Crippen LogP contribution in [0.15, 0.2) is 78.6 Å². The van der Waals surface area contributed by atoms with Gasteiger partial charge < -0.3 is 9.88 Å². The molecule has 3 heterocycles. The van der Waals surface area contributed by atoms with Crippen molar-refractivity contribution in [3.05, 3.63) is 89.0 Å². The van der Waals surface area contributed by atoms with Gasteiger partial charge in [-0.15, -0.1) is 11.3 Å². The van der Waals surface area contributed by atoms with Crippen LogP contribution >= 0.6 is 11.3 Å². The Morgan fingerprint density at radius 2 is 1.87 bits per heavy atom. The first-order valence-corrected chi connectivity index (χ1v) is 12.0. The number of hydrogen-bond acceptors (Lipinski definition) is 4. The minimum Gasteiger partial charge on any atom is -0.355 e. The number of thiophene rings is 1. The van der Waals surface area contributed by atoms with Gasteiger partial charge in [-0.05, 0) is 42.1 Å². The number of nitrogens with zero attached hydrogens (tertiary/aromatic N) is 3. The highest BCUT2D eigenvalue weighted by Crippen LogP contribution is 2.21. The van der Waals surface area contributed by atoms with Gasteiger partial charge in [-0.1, -0.05) is 24.3 Å². The Hall–Kier alpha value is -2.97. The maximum atomic E-state index is 12.7. The second-order valence-electron chi connectivity index (χ2n) is 6.74. The summed E-state index contributed by atoms with van der Waals surface area (Å²) in [7, 11) is -1.33. The van der Waals surface area contributed by atoms with E-state index in [0.29, 0.717) is 6.54 Å². The quantitative estimate of drug-likeness (QED) is 0.436. The largest absolute Gasteiger partial charge is 0.355 e. The molecule has 30 heavy (non-hydrogen) atoms. The van der Waals surface area contributed by atoms with Gasteiger partial charge in [0.25, 0.3) is 0 Å². The lowest BCUT2D eigenvalue weighted by Crippen LogP contribution is -2.30. The zero-order chi connectivity index (χ0) is 20.8. The standard InChI is InChI=1S/C22H22N4O2S2/c27-21(23-11-10-20-9-6-14-29-20)17-30(28)16-18-15-24-26(19-7-2-1-3-8-19)22(18)25-12-4-5-13-25/h1-9,12-15H,10-11,16-17H2,(H,23,27). The maximum absolute atomic E-state index is 12.7. The fourth-order valence-electron chi connectivity index (χ4n) is 3.19. The highest BCUT2D eigenvalue weighted by atomic mass is 32.2. The lowest BCUT2D eigenvalue weighted by molar-refractivity contribution is -0.118. The lowest BCUT2D eigenvalue weighted by atomic mass is 10.3. The van der Waals surface area contributed by atoms with Crippen molar-refractivity contribution in [1.29, 1.82) is 0 Å². The van der Waals surface area contributed by atoms with Crippen LogP contribution in [0.25, 0.3) is 11.5 Å². The molecule has 0 radical (unpaired) electrons. The highest BCUT2D eigenvalue weighted by Gasteiger charge is 2.17. The van der Waals surface area contributed by atoms with Crippen LogP contribution in [0, 0.1) is 0 Å². The zero-order valence-electron chi connectivity index (χ0n) is 16.3. The normalized spacial score (nSPS) is 12.0. The molecule has 0 aliphatic rings. The minimum absolute atomic E-state index is 0.0217. The van der Waals surface area contributed by atoms with Gasteiger partial charge in [0.1, 0.15) is 11.6 Å². The summed E-state index contributed by atoms with van der Waals surface area (Å²) in [5, 5.41) is 9.39. The van der Waals surface area contributed by atoms with Crippen LogP contribution in [0.1, 0.15) is 10.4 Å². The molecule has 1 amide bonds. The molecule has 1 N–H and O–H groups in total. The summed E-state index contributed by atoms with van der Waals surface area (Å²) in [6.07, 6.45) is 6.38. The van der Waals surface area contributed by atoms with Crippen LogP contribution < -0.4 is 5.32 Å². The van der Waals surface area contributed by atoms with E-state index in [2.05, 4.69) is 10.4 Å². The fraction of sp³-hybridized carbons (Fsp3) is 0.182. The van der Waals surface area contributed by atoms with Crippen molar-refractivity contribution in [3.63, 3.8) is 0 Å². The average Bonchev–Trinajstić information content (AvgIpc) is 3.50. The van der Waals surface area contributed by atoms with Crippen molar-refractivity contribution >= 4 is 28.0 Å². The summed E-state index contributed by atoms with van der Waals surface area (Å²) in [6.45, 7) is 0.553. The van der Waals surface area contributed by atoms with Gasteiger partial charge in [0.05, 0.1) is 17.6 Å². The average molecular weight is 439 g/mol. The van der Waals surface area contributed by atoms with E-state index in [1.54, 1.807) is 17.5 Å². The Morgan fingerprint density at radius 1 is 1.07 bits per heavy atom. The molecule has 4 aromatic rings. The molecule has 0 fully saturated rings. The Balaban J connectivity index is 1.43. The molecule has 1 unspecified atom stereocenters. The summed E-state index contributed by atoms with van der Waals surface area (Å²) in [4.78, 5) is 13.4. The number of aromatic nitrogens is 3. The number of rotatable bonds is 9. The summed E-state index contributed by atoms with van der Waals surface area (Å²) in [5.74, 6) is 0.880. The second kappa shape index (κ2) is 9.69. The molecule has 3 aromatic heterocycles. The third kappa shape index (κ3) is 4.95. The van der Waals surface area contributed by atoms with Crippen molar-refractivity contribution < 1.29 is 9.00 Å². The number of nitrogens with one attached hydrogen (secondary N) is 1. The third-order valence-electron chi connectivity index (χ3n) is 4.55. The molecule has 8 heteroatoms. The van der Waals surface area contributed by atoms with E-state index in [9.17, 15) is 9.00 Å². The minimum atomic E-state index is -1.33. The van der Waals surface area contributed by atoms with Gasteiger partial charge in [0, 0.05) is 40.2 Å². The smallest absolute Gasteiger partial charge is 0.232 e. The molecule has 154 valence electrons. The third-order valence-corrected chi connectivity index (χ3v) is 6.70. The number of carbonyl (C=O) groups excluding carboxylic acids is 1. The SMILES string of the molecule is O=C(CS(=O)Cc1cnn(-c2ccccc2)c1-n1cccc1)NCCc1cccs1. The molecule has 0 aliphatic heterocycles. The van der Waals surface area contributed by atoms with Gasteiger partial charge in [-0.3, -0.25) is 9.00 Å². The van der Waals surface area contributed by atoms with Crippen molar-refractivity contribution in [2.45, 2.75) is 12.2 Å². The van der Waals surface area contributed by atoms with E-state index < -0.39 is 10.8 Å². The van der Waals surface area contributed by atoms with Crippen LogP contribution in [0.4, 0.5) is 0 Å². The van der Waals surface area contributed by atoms with Crippen molar-refractivity contribution in [3.8, 4) is 11.5 Å². The number of carbonyl (C=O) groups is 1. The molecule has 4 rings (SSSR count).